The number of hydrogen-bond donors (Lipinski definition) is 1. The Morgan fingerprint density at radius 1 is 1.26 bits per heavy atom. The van der Waals surface area contributed by atoms with Crippen molar-refractivity contribution >= 4 is 17.2 Å². The second-order valence-corrected chi connectivity index (χ2v) is 10.2. The summed E-state index contributed by atoms with van der Waals surface area (Å²) in [6, 6.07) is 3.42. The van der Waals surface area contributed by atoms with Gasteiger partial charge in [-0.25, -0.2) is 9.67 Å². The van der Waals surface area contributed by atoms with Crippen LogP contribution in [0.15, 0.2) is 35.5 Å². The maximum absolute atomic E-state index is 13.3. The highest BCUT2D eigenvalue weighted by molar-refractivity contribution is 6.06. The minimum atomic E-state index is -0.416. The Bertz CT molecular complexity index is 1280. The lowest BCUT2D eigenvalue weighted by atomic mass is 10.1. The summed E-state index contributed by atoms with van der Waals surface area (Å²) in [5.74, 6) is 0.00868. The standard InChI is InChI=1S/C26H33N5O4/c1-17(2)35-22-14-23-28-18(9-13-34-26(3)10-4-5-11-26)15-30(23)16-20(22)24(32)29-21-8-12-27-31(25(21)33)19-6-7-19/h8,12,14-17,19H,4-7,9-11,13H2,1-3H3,(H,29,32). The van der Waals surface area contributed by atoms with Crippen LogP contribution in [0.25, 0.3) is 5.65 Å². The second-order valence-electron chi connectivity index (χ2n) is 10.2. The number of imidazole rings is 1. The zero-order valence-corrected chi connectivity index (χ0v) is 20.6. The van der Waals surface area contributed by atoms with Crippen LogP contribution >= 0.6 is 0 Å². The van der Waals surface area contributed by atoms with Gasteiger partial charge in [0, 0.05) is 31.1 Å². The molecule has 2 aliphatic carbocycles. The summed E-state index contributed by atoms with van der Waals surface area (Å²) in [5, 5.41) is 6.90. The number of nitrogens with one attached hydrogen (secondary N) is 1. The number of hydrogen-bond acceptors (Lipinski definition) is 6. The lowest BCUT2D eigenvalue weighted by Gasteiger charge is -2.23. The van der Waals surface area contributed by atoms with E-state index in [1.807, 2.05) is 24.4 Å². The topological polar surface area (TPSA) is 99.8 Å². The van der Waals surface area contributed by atoms with Crippen molar-refractivity contribution in [2.24, 2.45) is 0 Å². The van der Waals surface area contributed by atoms with Gasteiger partial charge in [-0.1, -0.05) is 12.8 Å². The van der Waals surface area contributed by atoms with Crippen molar-refractivity contribution < 1.29 is 14.3 Å². The molecule has 1 amide bonds. The fourth-order valence-corrected chi connectivity index (χ4v) is 4.67. The largest absolute Gasteiger partial charge is 0.490 e. The van der Waals surface area contributed by atoms with E-state index in [-0.39, 0.29) is 29.0 Å². The quantitative estimate of drug-likeness (QED) is 0.495. The molecule has 5 rings (SSSR count). The molecule has 3 heterocycles. The van der Waals surface area contributed by atoms with E-state index in [4.69, 9.17) is 14.5 Å². The number of anilines is 1. The van der Waals surface area contributed by atoms with Crippen LogP contribution in [0.4, 0.5) is 5.69 Å². The van der Waals surface area contributed by atoms with E-state index in [9.17, 15) is 9.59 Å². The number of amides is 1. The van der Waals surface area contributed by atoms with Crippen molar-refractivity contribution in [2.75, 3.05) is 11.9 Å². The maximum Gasteiger partial charge on any atom is 0.290 e. The van der Waals surface area contributed by atoms with Crippen LogP contribution in [-0.2, 0) is 11.2 Å². The molecule has 0 spiro atoms. The molecule has 0 unspecified atom stereocenters. The molecule has 3 aromatic heterocycles. The average molecular weight is 480 g/mol. The van der Waals surface area contributed by atoms with E-state index in [0.29, 0.717) is 30.0 Å². The number of nitrogens with zero attached hydrogens (tertiary/aromatic N) is 4. The predicted octanol–water partition coefficient (Wildman–Crippen LogP) is 4.16. The first-order valence-corrected chi connectivity index (χ1v) is 12.5. The van der Waals surface area contributed by atoms with Gasteiger partial charge in [-0.15, -0.1) is 0 Å². The fourth-order valence-electron chi connectivity index (χ4n) is 4.67. The first-order valence-electron chi connectivity index (χ1n) is 12.5. The van der Waals surface area contributed by atoms with E-state index in [2.05, 4.69) is 17.3 Å². The molecule has 35 heavy (non-hydrogen) atoms. The molecule has 3 aromatic rings. The number of pyridine rings is 1. The smallest absolute Gasteiger partial charge is 0.290 e. The van der Waals surface area contributed by atoms with Gasteiger partial charge in [0.1, 0.15) is 17.1 Å². The van der Waals surface area contributed by atoms with Crippen molar-refractivity contribution in [2.45, 2.75) is 83.5 Å². The molecule has 0 aromatic carbocycles. The third-order valence-corrected chi connectivity index (χ3v) is 6.69. The Labute approximate surface area is 204 Å². The van der Waals surface area contributed by atoms with Crippen LogP contribution in [0.1, 0.15) is 81.4 Å². The highest BCUT2D eigenvalue weighted by Gasteiger charge is 2.29. The normalized spacial score (nSPS) is 17.3. The summed E-state index contributed by atoms with van der Waals surface area (Å²) in [5.41, 5.74) is 1.81. The van der Waals surface area contributed by atoms with Crippen LogP contribution in [0, 0.1) is 0 Å². The Hall–Kier alpha value is -3.20. The number of ether oxygens (including phenoxy) is 2. The number of fused-ring (bicyclic) bond motifs is 1. The summed E-state index contributed by atoms with van der Waals surface area (Å²) >= 11 is 0. The first kappa shape index (κ1) is 23.5. The third kappa shape index (κ3) is 5.24. The second kappa shape index (κ2) is 9.45. The number of aromatic nitrogens is 4. The van der Waals surface area contributed by atoms with Gasteiger partial charge >= 0.3 is 0 Å². The number of carbonyl (C=O) groups excluding carboxylic acids is 1. The molecule has 0 atom stereocenters. The van der Waals surface area contributed by atoms with Crippen LogP contribution in [0.3, 0.4) is 0 Å². The van der Waals surface area contributed by atoms with Gasteiger partial charge < -0.3 is 19.2 Å². The summed E-state index contributed by atoms with van der Waals surface area (Å²) < 4.78 is 15.4. The van der Waals surface area contributed by atoms with Gasteiger partial charge in [0.05, 0.1) is 35.6 Å². The van der Waals surface area contributed by atoms with Crippen LogP contribution in [-0.4, -0.2) is 43.4 Å². The Morgan fingerprint density at radius 2 is 2.03 bits per heavy atom. The van der Waals surface area contributed by atoms with Crippen molar-refractivity contribution in [3.8, 4) is 5.75 Å². The van der Waals surface area contributed by atoms with E-state index < -0.39 is 5.91 Å². The summed E-state index contributed by atoms with van der Waals surface area (Å²) in [6.07, 6.45) is 12.2. The van der Waals surface area contributed by atoms with Crippen molar-refractivity contribution in [1.82, 2.24) is 19.2 Å². The molecule has 186 valence electrons. The highest BCUT2D eigenvalue weighted by atomic mass is 16.5. The van der Waals surface area contributed by atoms with Crippen LogP contribution in [0.2, 0.25) is 0 Å². The molecule has 1 N–H and O–H groups in total. The molecule has 9 nitrogen and oxygen atoms in total. The predicted molar refractivity (Wildman–Crippen MR) is 132 cm³/mol. The first-order chi connectivity index (χ1) is 16.8. The Balaban J connectivity index is 1.37. The van der Waals surface area contributed by atoms with Gasteiger partial charge in [-0.3, -0.25) is 9.59 Å². The Morgan fingerprint density at radius 3 is 2.74 bits per heavy atom. The molecule has 0 bridgehead atoms. The lowest BCUT2D eigenvalue weighted by molar-refractivity contribution is -0.0247. The van der Waals surface area contributed by atoms with Gasteiger partial charge in [0.15, 0.2) is 0 Å². The molecule has 0 aliphatic heterocycles. The molecule has 2 saturated carbocycles. The SMILES string of the molecule is CC(C)Oc1cc2nc(CCOC3(C)CCCC3)cn2cc1C(=O)Nc1ccnn(C2CC2)c1=O. The van der Waals surface area contributed by atoms with Gasteiger partial charge in [-0.05, 0) is 52.5 Å². The summed E-state index contributed by atoms with van der Waals surface area (Å²) in [6.45, 7) is 6.60. The fraction of sp³-hybridized carbons (Fsp3) is 0.538. The van der Waals surface area contributed by atoms with Crippen molar-refractivity contribution in [1.29, 1.82) is 0 Å². The van der Waals surface area contributed by atoms with Crippen LogP contribution in [0.5, 0.6) is 5.75 Å². The van der Waals surface area contributed by atoms with Crippen LogP contribution < -0.4 is 15.6 Å². The van der Waals surface area contributed by atoms with Gasteiger partial charge in [-0.2, -0.15) is 5.10 Å². The Kier molecular flexibility index (Phi) is 6.35. The third-order valence-electron chi connectivity index (χ3n) is 6.69. The molecular weight excluding hydrogens is 446 g/mol. The molecule has 2 fully saturated rings. The average Bonchev–Trinajstić information content (AvgIpc) is 3.44. The molecule has 9 heteroatoms. The molecule has 0 saturated heterocycles. The van der Waals surface area contributed by atoms with Crippen molar-refractivity contribution in [3.63, 3.8) is 0 Å². The van der Waals surface area contributed by atoms with E-state index in [0.717, 1.165) is 31.4 Å². The zero-order valence-electron chi connectivity index (χ0n) is 20.6. The minimum Gasteiger partial charge on any atom is -0.490 e. The number of carbonyl (C=O) groups is 1. The molecule has 2 aliphatic rings. The van der Waals surface area contributed by atoms with E-state index >= 15 is 0 Å². The van der Waals surface area contributed by atoms with Gasteiger partial charge in [0.2, 0.25) is 0 Å². The molecular formula is C26H33N5O4. The molecule has 0 radical (unpaired) electrons. The summed E-state index contributed by atoms with van der Waals surface area (Å²) in [4.78, 5) is 30.7. The zero-order chi connectivity index (χ0) is 24.6. The number of rotatable bonds is 9. The highest BCUT2D eigenvalue weighted by Crippen LogP contribution is 2.33. The lowest BCUT2D eigenvalue weighted by Crippen LogP contribution is -2.27. The maximum atomic E-state index is 13.3. The van der Waals surface area contributed by atoms with E-state index in [1.165, 1.54) is 23.6 Å². The van der Waals surface area contributed by atoms with Gasteiger partial charge in [0.25, 0.3) is 11.5 Å². The van der Waals surface area contributed by atoms with Crippen molar-refractivity contribution in [3.05, 3.63) is 52.3 Å². The monoisotopic (exact) mass is 479 g/mol. The van der Waals surface area contributed by atoms with E-state index in [1.54, 1.807) is 18.5 Å². The minimum absolute atomic E-state index is 0.0201. The summed E-state index contributed by atoms with van der Waals surface area (Å²) in [7, 11) is 0.